The molecule has 2 rings (SSSR count). The summed E-state index contributed by atoms with van der Waals surface area (Å²) in [6, 6.07) is 10.2. The third-order valence-electron chi connectivity index (χ3n) is 2.56. The average Bonchev–Trinajstić information content (AvgIpc) is 2.36. The molecule has 0 fully saturated rings. The molecule has 0 amide bonds. The van der Waals surface area contributed by atoms with Gasteiger partial charge in [-0.2, -0.15) is 0 Å². The molecule has 0 aromatic heterocycles. The molecule has 2 aromatic carbocycles. The fourth-order valence-electron chi connectivity index (χ4n) is 1.58. The van der Waals surface area contributed by atoms with Crippen molar-refractivity contribution in [1.29, 1.82) is 0 Å². The van der Waals surface area contributed by atoms with E-state index in [0.717, 1.165) is 11.1 Å². The highest BCUT2D eigenvalue weighted by Crippen LogP contribution is 2.28. The van der Waals surface area contributed by atoms with Crippen LogP contribution in [0, 0.1) is 13.8 Å². The Morgan fingerprint density at radius 3 is 1.60 bits per heavy atom. The van der Waals surface area contributed by atoms with Crippen molar-refractivity contribution in [1.82, 2.24) is 0 Å². The monoisotopic (exact) mass is 310 g/mol. The van der Waals surface area contributed by atoms with E-state index in [2.05, 4.69) is 0 Å². The van der Waals surface area contributed by atoms with Crippen molar-refractivity contribution in [3.05, 3.63) is 57.6 Å². The molecule has 5 heteroatoms. The fourth-order valence-corrected chi connectivity index (χ4v) is 2.13. The van der Waals surface area contributed by atoms with E-state index in [9.17, 15) is 4.79 Å². The van der Waals surface area contributed by atoms with E-state index < -0.39 is 6.16 Å². The van der Waals surface area contributed by atoms with Crippen molar-refractivity contribution in [3.63, 3.8) is 0 Å². The Labute approximate surface area is 127 Å². The van der Waals surface area contributed by atoms with Gasteiger partial charge in [0.05, 0.1) is 10.0 Å². The molecule has 0 atom stereocenters. The average molecular weight is 311 g/mol. The first-order valence-corrected chi connectivity index (χ1v) is 6.63. The number of aryl methyl sites for hydroxylation is 2. The molecule has 0 saturated carbocycles. The van der Waals surface area contributed by atoms with Gasteiger partial charge in [-0.15, -0.1) is 0 Å². The van der Waals surface area contributed by atoms with Crippen LogP contribution in [0.4, 0.5) is 4.79 Å². The van der Waals surface area contributed by atoms with Gasteiger partial charge in [0, 0.05) is 0 Å². The highest BCUT2D eigenvalue weighted by molar-refractivity contribution is 6.32. The molecule has 104 valence electrons. The van der Waals surface area contributed by atoms with Gasteiger partial charge < -0.3 is 9.47 Å². The number of carbonyl (C=O) groups excluding carboxylic acids is 1. The van der Waals surface area contributed by atoms with Crippen molar-refractivity contribution < 1.29 is 14.3 Å². The summed E-state index contributed by atoms with van der Waals surface area (Å²) in [5.74, 6) is 0.482. The maximum Gasteiger partial charge on any atom is 0.519 e. The normalized spacial score (nSPS) is 10.2. The molecule has 0 aliphatic heterocycles. The third-order valence-corrected chi connectivity index (χ3v) is 3.15. The van der Waals surface area contributed by atoms with Gasteiger partial charge in [-0.25, -0.2) is 4.79 Å². The molecule has 2 aromatic rings. The van der Waals surface area contributed by atoms with Crippen molar-refractivity contribution in [2.45, 2.75) is 13.8 Å². The molecule has 3 nitrogen and oxygen atoms in total. The summed E-state index contributed by atoms with van der Waals surface area (Å²) < 4.78 is 10.1. The number of hydrogen-bond acceptors (Lipinski definition) is 3. The van der Waals surface area contributed by atoms with E-state index in [-0.39, 0.29) is 11.5 Å². The van der Waals surface area contributed by atoms with Crippen LogP contribution >= 0.6 is 23.2 Å². The first-order chi connectivity index (χ1) is 9.45. The molecule has 0 aliphatic rings. The Balaban J connectivity index is 2.09. The quantitative estimate of drug-likeness (QED) is 0.565. The van der Waals surface area contributed by atoms with E-state index >= 15 is 0 Å². The SMILES string of the molecule is Cc1ccc(OC(=O)Oc2ccc(C)cc2Cl)c(Cl)c1. The first-order valence-electron chi connectivity index (χ1n) is 5.87. The summed E-state index contributed by atoms with van der Waals surface area (Å²) >= 11 is 11.9. The van der Waals surface area contributed by atoms with Crippen LogP contribution in [0.3, 0.4) is 0 Å². The molecular weight excluding hydrogens is 299 g/mol. The van der Waals surface area contributed by atoms with Crippen molar-refractivity contribution in [2.75, 3.05) is 0 Å². The number of carbonyl (C=O) groups is 1. The first kappa shape index (κ1) is 14.7. The zero-order chi connectivity index (χ0) is 14.7. The summed E-state index contributed by atoms with van der Waals surface area (Å²) in [5, 5.41) is 0.689. The van der Waals surface area contributed by atoms with E-state index in [0.29, 0.717) is 10.0 Å². The third kappa shape index (κ3) is 3.65. The second-order valence-electron chi connectivity index (χ2n) is 4.32. The summed E-state index contributed by atoms with van der Waals surface area (Å²) in [4.78, 5) is 11.7. The van der Waals surface area contributed by atoms with Gasteiger partial charge in [0.1, 0.15) is 0 Å². The van der Waals surface area contributed by atoms with Crippen LogP contribution in [0.15, 0.2) is 36.4 Å². The van der Waals surface area contributed by atoms with E-state index in [4.69, 9.17) is 32.7 Å². The predicted octanol–water partition coefficient (Wildman–Crippen LogP) is 5.19. The summed E-state index contributed by atoms with van der Waals surface area (Å²) in [5.41, 5.74) is 1.94. The number of halogens is 2. The number of ether oxygens (including phenoxy) is 2. The molecular formula is C15H12Cl2O3. The van der Waals surface area contributed by atoms with Crippen LogP contribution in [0.1, 0.15) is 11.1 Å². The second kappa shape index (κ2) is 6.16. The Kier molecular flexibility index (Phi) is 4.53. The minimum atomic E-state index is -0.887. The lowest BCUT2D eigenvalue weighted by molar-refractivity contribution is 0.152. The van der Waals surface area contributed by atoms with E-state index in [1.165, 1.54) is 0 Å². The van der Waals surface area contributed by atoms with Gasteiger partial charge in [0.25, 0.3) is 0 Å². The summed E-state index contributed by atoms with van der Waals surface area (Å²) in [6.45, 7) is 3.78. The summed E-state index contributed by atoms with van der Waals surface area (Å²) in [7, 11) is 0. The lowest BCUT2D eigenvalue weighted by Crippen LogP contribution is -2.14. The molecule has 0 spiro atoms. The predicted molar refractivity (Wildman–Crippen MR) is 79.0 cm³/mol. The Morgan fingerprint density at radius 2 is 1.25 bits per heavy atom. The number of benzene rings is 2. The fraction of sp³-hybridized carbons (Fsp3) is 0.133. The second-order valence-corrected chi connectivity index (χ2v) is 5.14. The largest absolute Gasteiger partial charge is 0.519 e. The lowest BCUT2D eigenvalue weighted by atomic mass is 10.2. The minimum absolute atomic E-state index is 0.241. The topological polar surface area (TPSA) is 35.5 Å². The molecule has 0 aliphatic carbocycles. The van der Waals surface area contributed by atoms with E-state index in [1.54, 1.807) is 36.4 Å². The van der Waals surface area contributed by atoms with Gasteiger partial charge in [0.2, 0.25) is 0 Å². The molecule has 0 N–H and O–H groups in total. The zero-order valence-electron chi connectivity index (χ0n) is 10.9. The van der Waals surface area contributed by atoms with Gasteiger partial charge in [-0.1, -0.05) is 35.3 Å². The maximum atomic E-state index is 11.7. The van der Waals surface area contributed by atoms with Gasteiger partial charge in [0.15, 0.2) is 11.5 Å². The number of rotatable bonds is 2. The Hall–Kier alpha value is -1.71. The lowest BCUT2D eigenvalue weighted by Gasteiger charge is -2.08. The number of hydrogen-bond donors (Lipinski definition) is 0. The minimum Gasteiger partial charge on any atom is -0.393 e. The van der Waals surface area contributed by atoms with Crippen LogP contribution in [-0.4, -0.2) is 6.16 Å². The Morgan fingerprint density at radius 1 is 0.850 bits per heavy atom. The van der Waals surface area contributed by atoms with Crippen LogP contribution in [0.2, 0.25) is 10.0 Å². The van der Waals surface area contributed by atoms with Crippen LogP contribution in [0.5, 0.6) is 11.5 Å². The van der Waals surface area contributed by atoms with Gasteiger partial charge in [-0.3, -0.25) is 0 Å². The van der Waals surface area contributed by atoms with E-state index in [1.807, 2.05) is 13.8 Å². The van der Waals surface area contributed by atoms with Crippen LogP contribution < -0.4 is 9.47 Å². The Bertz CT molecular complexity index is 598. The molecule has 0 heterocycles. The van der Waals surface area contributed by atoms with Crippen molar-refractivity contribution >= 4 is 29.4 Å². The zero-order valence-corrected chi connectivity index (χ0v) is 12.5. The van der Waals surface area contributed by atoms with Gasteiger partial charge in [-0.05, 0) is 49.2 Å². The van der Waals surface area contributed by atoms with Crippen molar-refractivity contribution in [2.24, 2.45) is 0 Å². The van der Waals surface area contributed by atoms with Crippen LogP contribution in [0.25, 0.3) is 0 Å². The highest BCUT2D eigenvalue weighted by Gasteiger charge is 2.13. The van der Waals surface area contributed by atoms with Gasteiger partial charge >= 0.3 is 6.16 Å². The maximum absolute atomic E-state index is 11.7. The van der Waals surface area contributed by atoms with Crippen molar-refractivity contribution in [3.8, 4) is 11.5 Å². The standard InChI is InChI=1S/C15H12Cl2O3/c1-9-3-5-13(11(16)7-9)19-15(18)20-14-6-4-10(2)8-12(14)17/h3-8H,1-2H3. The molecule has 0 radical (unpaired) electrons. The molecule has 0 unspecified atom stereocenters. The van der Waals surface area contributed by atoms with Crippen LogP contribution in [-0.2, 0) is 0 Å². The summed E-state index contributed by atoms with van der Waals surface area (Å²) in [6.07, 6.45) is -0.887. The smallest absolute Gasteiger partial charge is 0.393 e. The highest BCUT2D eigenvalue weighted by atomic mass is 35.5. The molecule has 0 saturated heterocycles. The molecule has 0 bridgehead atoms. The molecule has 20 heavy (non-hydrogen) atoms.